The van der Waals surface area contributed by atoms with Crippen LogP contribution in [0.1, 0.15) is 13.2 Å². The molecule has 0 spiro atoms. The van der Waals surface area contributed by atoms with Gasteiger partial charge in [-0.15, -0.1) is 0 Å². The number of ether oxygens (including phenoxy) is 1. The molecule has 1 aromatic heterocycles. The van der Waals surface area contributed by atoms with Gasteiger partial charge in [0.25, 0.3) is 15.6 Å². The van der Waals surface area contributed by atoms with Gasteiger partial charge in [-0.25, -0.2) is 9.11 Å². The highest BCUT2D eigenvalue weighted by molar-refractivity contribution is 7.64. The number of aromatic nitrogens is 2. The smallest absolute Gasteiger partial charge is 0.351 e. The number of nitrogens with zero attached hydrogens (tertiary/aromatic N) is 2. The van der Waals surface area contributed by atoms with Crippen molar-refractivity contribution in [3.63, 3.8) is 0 Å². The van der Waals surface area contributed by atoms with E-state index in [9.17, 15) is 53.1 Å². The molecule has 0 aliphatic carbocycles. The maximum atomic E-state index is 12.1. The van der Waals surface area contributed by atoms with E-state index >= 15 is 0 Å². The molecule has 3 N–H and O–H groups in total. The zero-order valence-electron chi connectivity index (χ0n) is 15.6. The Morgan fingerprint density at radius 1 is 1.19 bits per heavy atom. The zero-order chi connectivity index (χ0) is 24.5. The normalized spacial score (nSPS) is 27.5. The number of carbonyl (C=O) groups excluding carboxylic acids is 1. The second-order valence-electron chi connectivity index (χ2n) is 6.03. The van der Waals surface area contributed by atoms with Crippen LogP contribution in [0, 0.1) is 0 Å². The van der Waals surface area contributed by atoms with Crippen molar-refractivity contribution in [2.75, 3.05) is 11.9 Å². The number of phosphoric acid groups is 3. The third kappa shape index (κ3) is 7.60. The lowest BCUT2D eigenvalue weighted by Gasteiger charge is -2.37. The number of hydrogen-bond donors (Lipinski definition) is 3. The largest absolute Gasteiger partial charge is 0.790 e. The fourth-order valence-electron chi connectivity index (χ4n) is 2.40. The Morgan fingerprint density at radius 2 is 1.81 bits per heavy atom. The van der Waals surface area contributed by atoms with Gasteiger partial charge in [0.2, 0.25) is 5.91 Å². The molecule has 0 aromatic carbocycles. The molecule has 0 saturated carbocycles. The maximum absolute atomic E-state index is 12.1. The van der Waals surface area contributed by atoms with Crippen molar-refractivity contribution in [2.24, 2.45) is 0 Å². The van der Waals surface area contributed by atoms with Gasteiger partial charge in [0.1, 0.15) is 24.1 Å². The Balaban J connectivity index is 2.07. The molecule has 6 unspecified atom stereocenters. The van der Waals surface area contributed by atoms with Crippen molar-refractivity contribution >= 4 is 35.2 Å². The second kappa shape index (κ2) is 9.87. The molecule has 18 nitrogen and oxygen atoms in total. The summed E-state index contributed by atoms with van der Waals surface area (Å²) in [5.41, 5.74) is -1.03. The molecule has 2 heterocycles. The first-order valence-corrected chi connectivity index (χ1v) is 12.5. The summed E-state index contributed by atoms with van der Waals surface area (Å²) in [4.78, 5) is 69.8. The number of aliphatic hydroxyl groups excluding tert-OH is 2. The number of nitrogens with one attached hydrogen (secondary N) is 1. The molecule has 0 radical (unpaired) electrons. The molecule has 32 heavy (non-hydrogen) atoms. The lowest BCUT2D eigenvalue weighted by molar-refractivity contribution is -0.339. The maximum Gasteiger partial charge on any atom is 0.351 e. The van der Waals surface area contributed by atoms with Crippen LogP contribution in [0.3, 0.4) is 0 Å². The Hall–Kier alpha value is -1.36. The average Bonchev–Trinajstić information content (AvgIpc) is 2.85. The Morgan fingerprint density at radius 3 is 2.34 bits per heavy atom. The van der Waals surface area contributed by atoms with Gasteiger partial charge in [-0.2, -0.15) is 4.98 Å². The number of phosphoric ester groups is 1. The molecule has 182 valence electrons. The van der Waals surface area contributed by atoms with Crippen LogP contribution in [-0.4, -0.2) is 50.6 Å². The quantitative estimate of drug-likeness (QED) is 0.259. The van der Waals surface area contributed by atoms with E-state index in [2.05, 4.69) is 23.4 Å². The molecule has 0 bridgehead atoms. The van der Waals surface area contributed by atoms with Crippen molar-refractivity contribution in [3.05, 3.63) is 22.7 Å². The van der Waals surface area contributed by atoms with Crippen LogP contribution in [0.4, 0.5) is 5.82 Å². The van der Waals surface area contributed by atoms with Crippen molar-refractivity contribution in [2.45, 2.75) is 31.5 Å². The van der Waals surface area contributed by atoms with Gasteiger partial charge in [-0.05, 0) is 6.07 Å². The first-order chi connectivity index (χ1) is 14.5. The predicted molar refractivity (Wildman–Crippen MR) is 89.7 cm³/mol. The summed E-state index contributed by atoms with van der Waals surface area (Å²) in [6, 6.07) is 1.16. The lowest BCUT2D eigenvalue weighted by Crippen LogP contribution is -2.36. The van der Waals surface area contributed by atoms with Crippen LogP contribution in [-0.2, 0) is 36.4 Å². The van der Waals surface area contributed by atoms with E-state index in [1.807, 2.05) is 0 Å². The van der Waals surface area contributed by atoms with Crippen LogP contribution in [0.2, 0.25) is 0 Å². The van der Waals surface area contributed by atoms with Crippen LogP contribution in [0.25, 0.3) is 0 Å². The number of aliphatic hydroxyl groups is 2. The fraction of sp³-hybridized carbons (Fsp3) is 0.545. The minimum absolute atomic E-state index is 0.124. The van der Waals surface area contributed by atoms with Gasteiger partial charge in [-0.3, -0.25) is 22.8 Å². The summed E-state index contributed by atoms with van der Waals surface area (Å²) in [6.07, 6.45) is -5.90. The van der Waals surface area contributed by atoms with Gasteiger partial charge < -0.3 is 48.9 Å². The van der Waals surface area contributed by atoms with Crippen LogP contribution in [0.15, 0.2) is 17.1 Å². The first-order valence-electron chi connectivity index (χ1n) is 8.09. The van der Waals surface area contributed by atoms with E-state index < -0.39 is 66.2 Å². The summed E-state index contributed by atoms with van der Waals surface area (Å²) in [5, 5.41) is 22.3. The zero-order valence-corrected chi connectivity index (χ0v) is 18.3. The van der Waals surface area contributed by atoms with E-state index in [0.29, 0.717) is 4.57 Å². The average molecular weight is 521 g/mol. The molecule has 1 aliphatic heterocycles. The van der Waals surface area contributed by atoms with Gasteiger partial charge in [-0.1, -0.05) is 0 Å². The van der Waals surface area contributed by atoms with E-state index in [0.717, 1.165) is 19.2 Å². The number of rotatable bonds is 9. The molecule has 1 amide bonds. The van der Waals surface area contributed by atoms with E-state index in [-0.39, 0.29) is 5.82 Å². The summed E-state index contributed by atoms with van der Waals surface area (Å²) < 4.78 is 49.3. The summed E-state index contributed by atoms with van der Waals surface area (Å²) in [5.74, 6) is -0.647. The van der Waals surface area contributed by atoms with Crippen molar-refractivity contribution in [3.8, 4) is 0 Å². The van der Waals surface area contributed by atoms with Crippen molar-refractivity contribution < 1.29 is 66.2 Å². The van der Waals surface area contributed by atoms with E-state index in [4.69, 9.17) is 4.74 Å². The number of carbonyl (C=O) groups is 1. The number of amides is 1. The molecular weight excluding hydrogens is 507 g/mol. The Kier molecular flexibility index (Phi) is 8.29. The van der Waals surface area contributed by atoms with Crippen molar-refractivity contribution in [1.82, 2.24) is 9.55 Å². The van der Waals surface area contributed by atoms with Crippen LogP contribution in [0.5, 0.6) is 0 Å². The second-order valence-corrected chi connectivity index (χ2v) is 10.3. The summed E-state index contributed by atoms with van der Waals surface area (Å²) >= 11 is 0. The van der Waals surface area contributed by atoms with Crippen molar-refractivity contribution in [1.29, 1.82) is 0 Å². The molecule has 1 aromatic rings. The minimum Gasteiger partial charge on any atom is -0.790 e. The first kappa shape index (κ1) is 26.9. The highest BCUT2D eigenvalue weighted by Crippen LogP contribution is 2.60. The van der Waals surface area contributed by atoms with Gasteiger partial charge in [0, 0.05) is 13.1 Å². The Bertz CT molecular complexity index is 1050. The molecule has 6 atom stereocenters. The van der Waals surface area contributed by atoms with Gasteiger partial charge >= 0.3 is 5.69 Å². The number of hydrogen-bond acceptors (Lipinski definition) is 16. The number of anilines is 1. The molecule has 1 saturated heterocycles. The molecule has 1 fully saturated rings. The third-order valence-corrected chi connectivity index (χ3v) is 7.21. The predicted octanol–water partition coefficient (Wildman–Crippen LogP) is -4.36. The van der Waals surface area contributed by atoms with E-state index in [1.54, 1.807) is 0 Å². The minimum atomic E-state index is -6.18. The molecular formula is C11H14N3O15P3-4. The third-order valence-electron chi connectivity index (χ3n) is 3.54. The Labute approximate surface area is 177 Å². The summed E-state index contributed by atoms with van der Waals surface area (Å²) in [7, 11) is -18.2. The van der Waals surface area contributed by atoms with Gasteiger partial charge in [0.15, 0.2) is 6.23 Å². The highest BCUT2D eigenvalue weighted by atomic mass is 31.3. The van der Waals surface area contributed by atoms with Crippen LogP contribution >= 0.6 is 23.5 Å². The molecule has 1 aliphatic rings. The standard InChI is InChI=1S/C11H18N3O15P3/c1-5(15)12-7-2-3-14(11(18)13-7)10-9(17)8(16)6(27-10)4-26-31(22,23)29-32(24,25)28-30(19,20)21/h2-3,6,8-10,16-17H,4H2,1H3,(H,22,23)(H,24,25)(H2,19,20,21)(H,12,13,15,18)/p-4. The monoisotopic (exact) mass is 521 g/mol. The highest BCUT2D eigenvalue weighted by Gasteiger charge is 2.44. The van der Waals surface area contributed by atoms with Crippen LogP contribution < -0.4 is 30.6 Å². The molecule has 21 heteroatoms. The lowest BCUT2D eigenvalue weighted by atomic mass is 10.1. The molecule has 2 rings (SSSR count). The van der Waals surface area contributed by atoms with E-state index in [1.165, 1.54) is 0 Å². The summed E-state index contributed by atoms with van der Waals surface area (Å²) in [6.45, 7) is -0.0115. The van der Waals surface area contributed by atoms with Gasteiger partial charge in [0.05, 0.1) is 14.4 Å². The SMILES string of the molecule is CC(=O)Nc1ccn(C2OC(COP(=O)([O-])OP(=O)([O-])OP(=O)([O-])[O-])C(O)C2O)c(=O)n1. The topological polar surface area (TPSA) is 285 Å². The fourth-order valence-corrected chi connectivity index (χ4v) is 5.27.